The Labute approximate surface area is 203 Å². The van der Waals surface area contributed by atoms with Crippen molar-refractivity contribution in [2.75, 3.05) is 10.8 Å². The summed E-state index contributed by atoms with van der Waals surface area (Å²) < 4.78 is 28.2. The highest BCUT2D eigenvalue weighted by molar-refractivity contribution is 7.92. The summed E-state index contributed by atoms with van der Waals surface area (Å²) in [4.78, 5) is 13.2. The van der Waals surface area contributed by atoms with E-state index < -0.39 is 10.0 Å². The quantitative estimate of drug-likeness (QED) is 0.475. The zero-order chi connectivity index (χ0) is 25.1. The van der Waals surface area contributed by atoms with E-state index in [1.165, 1.54) is 9.87 Å². The number of hydrogen-bond acceptors (Lipinski definition) is 3. The molecule has 0 heterocycles. The van der Waals surface area contributed by atoms with Crippen LogP contribution in [0, 0.1) is 13.8 Å². The van der Waals surface area contributed by atoms with E-state index in [0.717, 1.165) is 16.7 Å². The number of nitrogens with one attached hydrogen (secondary N) is 1. The van der Waals surface area contributed by atoms with Crippen LogP contribution in [0.25, 0.3) is 0 Å². The largest absolute Gasteiger partial charge is 0.348 e. The molecule has 0 unspecified atom stereocenters. The van der Waals surface area contributed by atoms with Crippen LogP contribution >= 0.6 is 0 Å². The van der Waals surface area contributed by atoms with Crippen LogP contribution in [0.1, 0.15) is 56.0 Å². The SMILES string of the molecule is Cc1ccc(N(CC(=O)N[C@@H](C)c2ccc(C(C)(C)C)cc2)S(=O)(=O)c2ccccc2)cc1C. The van der Waals surface area contributed by atoms with E-state index in [1.807, 2.05) is 39.0 Å². The number of sulfonamides is 1. The highest BCUT2D eigenvalue weighted by Gasteiger charge is 2.28. The lowest BCUT2D eigenvalue weighted by atomic mass is 9.86. The van der Waals surface area contributed by atoms with Gasteiger partial charge in [0.05, 0.1) is 16.6 Å². The number of rotatable bonds is 7. The van der Waals surface area contributed by atoms with E-state index in [1.54, 1.807) is 42.5 Å². The van der Waals surface area contributed by atoms with Crippen LogP contribution in [-0.2, 0) is 20.2 Å². The molecule has 0 radical (unpaired) electrons. The molecule has 34 heavy (non-hydrogen) atoms. The molecule has 6 heteroatoms. The smallest absolute Gasteiger partial charge is 0.264 e. The minimum atomic E-state index is -3.93. The van der Waals surface area contributed by atoms with E-state index in [4.69, 9.17) is 0 Å². The first-order valence-electron chi connectivity index (χ1n) is 11.4. The van der Waals surface area contributed by atoms with E-state index in [0.29, 0.717) is 5.69 Å². The maximum Gasteiger partial charge on any atom is 0.264 e. The average molecular weight is 479 g/mol. The number of aryl methyl sites for hydroxylation is 2. The number of nitrogens with zero attached hydrogens (tertiary/aromatic N) is 1. The van der Waals surface area contributed by atoms with Gasteiger partial charge in [-0.15, -0.1) is 0 Å². The molecule has 0 saturated carbocycles. The second-order valence-corrected chi connectivity index (χ2v) is 11.6. The monoisotopic (exact) mass is 478 g/mol. The molecule has 5 nitrogen and oxygen atoms in total. The fourth-order valence-electron chi connectivity index (χ4n) is 3.69. The number of carbonyl (C=O) groups is 1. The Morgan fingerprint density at radius 1 is 0.912 bits per heavy atom. The Bertz CT molecular complexity index is 1250. The summed E-state index contributed by atoms with van der Waals surface area (Å²) in [5.74, 6) is -0.370. The minimum Gasteiger partial charge on any atom is -0.348 e. The molecule has 3 aromatic carbocycles. The minimum absolute atomic E-state index is 0.0451. The van der Waals surface area contributed by atoms with Gasteiger partial charge in [-0.05, 0) is 72.7 Å². The van der Waals surface area contributed by atoms with Crippen molar-refractivity contribution in [3.8, 4) is 0 Å². The predicted octanol–water partition coefficient (Wildman–Crippen LogP) is 5.67. The van der Waals surface area contributed by atoms with Crippen LogP contribution in [-0.4, -0.2) is 20.9 Å². The molecular formula is C28H34N2O3S. The molecule has 0 bridgehead atoms. The van der Waals surface area contributed by atoms with Crippen molar-refractivity contribution in [1.82, 2.24) is 5.32 Å². The fourth-order valence-corrected chi connectivity index (χ4v) is 5.12. The predicted molar refractivity (Wildman–Crippen MR) is 139 cm³/mol. The van der Waals surface area contributed by atoms with Gasteiger partial charge >= 0.3 is 0 Å². The zero-order valence-corrected chi connectivity index (χ0v) is 21.6. The molecule has 0 aromatic heterocycles. The summed E-state index contributed by atoms with van der Waals surface area (Å²) in [5.41, 5.74) is 4.69. The Kier molecular flexibility index (Phi) is 7.51. The van der Waals surface area contributed by atoms with Crippen LogP contribution in [0.15, 0.2) is 77.7 Å². The van der Waals surface area contributed by atoms with Crippen LogP contribution in [0.3, 0.4) is 0 Å². The Morgan fingerprint density at radius 3 is 2.09 bits per heavy atom. The van der Waals surface area contributed by atoms with Crippen LogP contribution < -0.4 is 9.62 Å². The number of hydrogen-bond donors (Lipinski definition) is 1. The number of amides is 1. The molecular weight excluding hydrogens is 444 g/mol. The molecule has 1 atom stereocenters. The normalized spacial score (nSPS) is 12.8. The summed E-state index contributed by atoms with van der Waals surface area (Å²) in [5, 5.41) is 2.96. The molecule has 0 saturated heterocycles. The number of anilines is 1. The number of carbonyl (C=O) groups excluding carboxylic acids is 1. The second-order valence-electron chi connectivity index (χ2n) is 9.75. The van der Waals surface area contributed by atoms with Crippen molar-refractivity contribution in [2.24, 2.45) is 0 Å². The topological polar surface area (TPSA) is 66.5 Å². The fraction of sp³-hybridized carbons (Fsp3) is 0.321. The van der Waals surface area contributed by atoms with Crippen molar-refractivity contribution < 1.29 is 13.2 Å². The van der Waals surface area contributed by atoms with Crippen LogP contribution in [0.4, 0.5) is 5.69 Å². The summed E-state index contributed by atoms with van der Waals surface area (Å²) in [6, 6.07) is 21.5. The van der Waals surface area contributed by atoms with Gasteiger partial charge in [-0.25, -0.2) is 8.42 Å². The van der Waals surface area contributed by atoms with Gasteiger partial charge in [-0.1, -0.05) is 69.3 Å². The van der Waals surface area contributed by atoms with E-state index in [2.05, 4.69) is 38.2 Å². The van der Waals surface area contributed by atoms with Gasteiger partial charge in [0, 0.05) is 0 Å². The third-order valence-electron chi connectivity index (χ3n) is 6.05. The highest BCUT2D eigenvalue weighted by atomic mass is 32.2. The van der Waals surface area contributed by atoms with Crippen molar-refractivity contribution in [2.45, 2.75) is 57.9 Å². The Balaban J connectivity index is 1.86. The Morgan fingerprint density at radius 2 is 1.53 bits per heavy atom. The van der Waals surface area contributed by atoms with E-state index in [9.17, 15) is 13.2 Å². The highest BCUT2D eigenvalue weighted by Crippen LogP contribution is 2.26. The third-order valence-corrected chi connectivity index (χ3v) is 7.84. The first kappa shape index (κ1) is 25.5. The molecule has 0 aliphatic heterocycles. The molecule has 0 spiro atoms. The van der Waals surface area contributed by atoms with Gasteiger partial charge in [0.25, 0.3) is 10.0 Å². The lowest BCUT2D eigenvalue weighted by Gasteiger charge is -2.26. The maximum absolute atomic E-state index is 13.5. The van der Waals surface area contributed by atoms with E-state index >= 15 is 0 Å². The standard InChI is InChI=1S/C28H34N2O3S/c1-20-12-17-25(18-21(20)2)30(34(32,33)26-10-8-7-9-11-26)19-27(31)29-22(3)23-13-15-24(16-14-23)28(4,5)6/h7-18,22H,19H2,1-6H3,(H,29,31)/t22-/m0/s1. The Hall–Kier alpha value is -3.12. The zero-order valence-electron chi connectivity index (χ0n) is 20.8. The molecule has 0 aliphatic carbocycles. The van der Waals surface area contributed by atoms with Crippen LogP contribution in [0.2, 0.25) is 0 Å². The first-order chi connectivity index (χ1) is 15.9. The van der Waals surface area contributed by atoms with Crippen molar-refractivity contribution in [1.29, 1.82) is 0 Å². The molecule has 1 N–H and O–H groups in total. The van der Waals surface area contributed by atoms with Crippen molar-refractivity contribution >= 4 is 21.6 Å². The summed E-state index contributed by atoms with van der Waals surface area (Å²) in [7, 11) is -3.93. The number of benzene rings is 3. The molecule has 3 aromatic rings. The van der Waals surface area contributed by atoms with Gasteiger partial charge in [0.1, 0.15) is 6.54 Å². The summed E-state index contributed by atoms with van der Waals surface area (Å²) in [6.07, 6.45) is 0. The maximum atomic E-state index is 13.5. The van der Waals surface area contributed by atoms with Gasteiger partial charge in [0.15, 0.2) is 0 Å². The summed E-state index contributed by atoms with van der Waals surface area (Å²) in [6.45, 7) is 11.9. The summed E-state index contributed by atoms with van der Waals surface area (Å²) >= 11 is 0. The molecule has 1 amide bonds. The first-order valence-corrected chi connectivity index (χ1v) is 12.9. The van der Waals surface area contributed by atoms with Gasteiger partial charge in [-0.2, -0.15) is 0 Å². The molecule has 0 aliphatic rings. The van der Waals surface area contributed by atoms with Crippen LogP contribution in [0.5, 0.6) is 0 Å². The third kappa shape index (κ3) is 5.86. The second kappa shape index (κ2) is 10.0. The van der Waals surface area contributed by atoms with Gasteiger partial charge in [-0.3, -0.25) is 9.10 Å². The molecule has 0 fully saturated rings. The van der Waals surface area contributed by atoms with Crippen molar-refractivity contribution in [3.63, 3.8) is 0 Å². The van der Waals surface area contributed by atoms with Gasteiger partial charge in [0.2, 0.25) is 5.91 Å². The van der Waals surface area contributed by atoms with Crippen molar-refractivity contribution in [3.05, 3.63) is 95.1 Å². The lowest BCUT2D eigenvalue weighted by Crippen LogP contribution is -2.41. The van der Waals surface area contributed by atoms with Gasteiger partial charge < -0.3 is 5.32 Å². The molecule has 3 rings (SSSR count). The average Bonchev–Trinajstić information content (AvgIpc) is 2.79. The lowest BCUT2D eigenvalue weighted by molar-refractivity contribution is -0.120. The molecule has 180 valence electrons. The van der Waals surface area contributed by atoms with E-state index in [-0.39, 0.29) is 28.8 Å².